The van der Waals surface area contributed by atoms with E-state index in [9.17, 15) is 13.2 Å². The van der Waals surface area contributed by atoms with Crippen molar-refractivity contribution in [2.75, 3.05) is 26.2 Å². The van der Waals surface area contributed by atoms with Gasteiger partial charge in [0, 0.05) is 61.2 Å². The number of ether oxygens (including phenoxy) is 1. The molecule has 0 spiro atoms. The molecule has 0 saturated carbocycles. The second-order valence-electron chi connectivity index (χ2n) is 12.7. The van der Waals surface area contributed by atoms with E-state index in [4.69, 9.17) is 10.00 Å². The van der Waals surface area contributed by atoms with E-state index in [0.717, 1.165) is 29.5 Å². The summed E-state index contributed by atoms with van der Waals surface area (Å²) < 4.78 is 36.4. The Bertz CT molecular complexity index is 1630. The van der Waals surface area contributed by atoms with Gasteiger partial charge in [-0.3, -0.25) is 9.69 Å². The molecule has 0 N–H and O–H groups in total. The predicted octanol–water partition coefficient (Wildman–Crippen LogP) is 5.02. The zero-order valence-electron chi connectivity index (χ0n) is 25.4. The summed E-state index contributed by atoms with van der Waals surface area (Å²) in [6, 6.07) is 17.9. The molecule has 3 atom stereocenters. The monoisotopic (exact) mass is 603 g/mol. The standard InChI is InChI=1S/C33H41N5O4S/c1-22(2)37-26-7-8-27(37)20-29(19-26)42-28-9-12-31-25(17-28)18-32(38(31)23(3)4)33(39)35-13-15-36(16-14-35)43(40,41)30-10-5-24(21-34)6-11-30/h5-6,9-12,17-18,22-23,26-27,29H,7-8,13-16,19-20H2,1-4H3/t26-,27+,29-. The first-order chi connectivity index (χ1) is 20.6. The molecule has 0 unspecified atom stereocenters. The molecule has 2 bridgehead atoms. The summed E-state index contributed by atoms with van der Waals surface area (Å²) in [6.07, 6.45) is 4.81. The third-order valence-corrected chi connectivity index (χ3v) is 11.3. The summed E-state index contributed by atoms with van der Waals surface area (Å²) in [6.45, 7) is 9.76. The third-order valence-electron chi connectivity index (χ3n) is 9.34. The minimum Gasteiger partial charge on any atom is -0.490 e. The SMILES string of the molecule is CC(C)N1[C@@H]2CC[C@H]1C[C@H](Oc1ccc3c(c1)cc(C(=O)N1CCN(S(=O)(=O)c4ccc(C#N)cc4)CC1)n3C(C)C)C2. The molecule has 10 heteroatoms. The normalized spacial score (nSPS) is 23.3. The van der Waals surface area contributed by atoms with E-state index in [-0.39, 0.29) is 36.0 Å². The maximum absolute atomic E-state index is 13.8. The highest BCUT2D eigenvalue weighted by Gasteiger charge is 2.42. The number of aromatic nitrogens is 1. The van der Waals surface area contributed by atoms with Crippen LogP contribution in [0.2, 0.25) is 0 Å². The largest absolute Gasteiger partial charge is 0.490 e. The van der Waals surface area contributed by atoms with Crippen molar-refractivity contribution in [2.45, 2.75) is 88.5 Å². The quantitative estimate of drug-likeness (QED) is 0.376. The van der Waals surface area contributed by atoms with Crippen LogP contribution >= 0.6 is 0 Å². The number of nitriles is 1. The van der Waals surface area contributed by atoms with Gasteiger partial charge in [0.2, 0.25) is 10.0 Å². The number of piperidine rings is 1. The van der Waals surface area contributed by atoms with Gasteiger partial charge < -0.3 is 14.2 Å². The number of hydrogen-bond acceptors (Lipinski definition) is 6. The zero-order chi connectivity index (χ0) is 30.5. The lowest BCUT2D eigenvalue weighted by Crippen LogP contribution is -2.50. The topological polar surface area (TPSA) is 98.9 Å². The molecule has 4 heterocycles. The molecule has 0 radical (unpaired) electrons. The van der Waals surface area contributed by atoms with Crippen molar-refractivity contribution in [2.24, 2.45) is 0 Å². The number of hydrogen-bond donors (Lipinski definition) is 0. The van der Waals surface area contributed by atoms with Gasteiger partial charge in [-0.1, -0.05) is 0 Å². The number of fused-ring (bicyclic) bond motifs is 3. The summed E-state index contributed by atoms with van der Waals surface area (Å²) in [7, 11) is -3.71. The number of benzene rings is 2. The number of rotatable bonds is 7. The highest BCUT2D eigenvalue weighted by Crippen LogP contribution is 2.39. The van der Waals surface area contributed by atoms with E-state index in [1.807, 2.05) is 18.2 Å². The van der Waals surface area contributed by atoms with Crippen LogP contribution in [0.5, 0.6) is 5.75 Å². The second kappa shape index (κ2) is 11.6. The molecule has 9 nitrogen and oxygen atoms in total. The van der Waals surface area contributed by atoms with E-state index in [1.165, 1.54) is 41.4 Å². The molecule has 3 aromatic rings. The van der Waals surface area contributed by atoms with Crippen molar-refractivity contribution >= 4 is 26.8 Å². The average molecular weight is 604 g/mol. The van der Waals surface area contributed by atoms with E-state index in [1.54, 1.807) is 4.90 Å². The molecule has 3 fully saturated rings. The van der Waals surface area contributed by atoms with Gasteiger partial charge in [-0.25, -0.2) is 8.42 Å². The maximum atomic E-state index is 13.8. The zero-order valence-corrected chi connectivity index (χ0v) is 26.3. The van der Waals surface area contributed by atoms with Crippen LogP contribution in [0, 0.1) is 11.3 Å². The van der Waals surface area contributed by atoms with Gasteiger partial charge in [0.05, 0.1) is 16.5 Å². The number of piperazine rings is 1. The molecule has 0 aliphatic carbocycles. The third kappa shape index (κ3) is 5.54. The van der Waals surface area contributed by atoms with E-state index in [2.05, 4.69) is 49.3 Å². The van der Waals surface area contributed by atoms with Crippen molar-refractivity contribution in [1.82, 2.24) is 18.7 Å². The summed E-state index contributed by atoms with van der Waals surface area (Å²) in [5.41, 5.74) is 2.00. The van der Waals surface area contributed by atoms with Crippen LogP contribution in [0.1, 0.15) is 75.5 Å². The highest BCUT2D eigenvalue weighted by atomic mass is 32.2. The smallest absolute Gasteiger partial charge is 0.270 e. The minimum atomic E-state index is -3.71. The Morgan fingerprint density at radius 3 is 2.14 bits per heavy atom. The molecule has 3 saturated heterocycles. The molecule has 228 valence electrons. The lowest BCUT2D eigenvalue weighted by atomic mass is 9.98. The average Bonchev–Trinajstić information content (AvgIpc) is 3.51. The Balaban J connectivity index is 1.16. The van der Waals surface area contributed by atoms with Gasteiger partial charge >= 0.3 is 0 Å². The first kappa shape index (κ1) is 29.7. The molecule has 3 aliphatic heterocycles. The summed E-state index contributed by atoms with van der Waals surface area (Å²) in [5.74, 6) is 0.747. The number of sulfonamides is 1. The van der Waals surface area contributed by atoms with Gasteiger partial charge in [0.1, 0.15) is 17.5 Å². The van der Waals surface area contributed by atoms with Crippen LogP contribution in [-0.4, -0.2) is 83.4 Å². The van der Waals surface area contributed by atoms with Crippen molar-refractivity contribution in [3.63, 3.8) is 0 Å². The molecular formula is C33H41N5O4S. The van der Waals surface area contributed by atoms with Crippen molar-refractivity contribution in [3.8, 4) is 11.8 Å². The van der Waals surface area contributed by atoms with E-state index >= 15 is 0 Å². The highest BCUT2D eigenvalue weighted by molar-refractivity contribution is 7.89. The molecule has 43 heavy (non-hydrogen) atoms. The Kier molecular flexibility index (Phi) is 8.01. The lowest BCUT2D eigenvalue weighted by molar-refractivity contribution is 0.0308. The van der Waals surface area contributed by atoms with Crippen LogP contribution in [0.25, 0.3) is 10.9 Å². The number of carbonyl (C=O) groups is 1. The lowest BCUT2D eigenvalue weighted by Gasteiger charge is -2.41. The van der Waals surface area contributed by atoms with Crippen molar-refractivity contribution < 1.29 is 17.9 Å². The Morgan fingerprint density at radius 1 is 0.907 bits per heavy atom. The van der Waals surface area contributed by atoms with Crippen LogP contribution in [0.3, 0.4) is 0 Å². The van der Waals surface area contributed by atoms with Crippen molar-refractivity contribution in [1.29, 1.82) is 5.26 Å². The molecular weight excluding hydrogens is 562 g/mol. The van der Waals surface area contributed by atoms with E-state index < -0.39 is 10.0 Å². The van der Waals surface area contributed by atoms with Gasteiger partial charge in [-0.2, -0.15) is 9.57 Å². The summed E-state index contributed by atoms with van der Waals surface area (Å²) in [5, 5.41) is 9.99. The van der Waals surface area contributed by atoms with E-state index in [0.29, 0.717) is 42.5 Å². The number of amides is 1. The summed E-state index contributed by atoms with van der Waals surface area (Å²) in [4.78, 5) is 18.4. The molecule has 1 amide bonds. The molecule has 2 aromatic carbocycles. The Hall–Kier alpha value is -3.39. The van der Waals surface area contributed by atoms with Crippen LogP contribution < -0.4 is 4.74 Å². The molecule has 3 aliphatic rings. The predicted molar refractivity (Wildman–Crippen MR) is 166 cm³/mol. The Labute approximate surface area is 254 Å². The maximum Gasteiger partial charge on any atom is 0.270 e. The van der Waals surface area contributed by atoms with Gasteiger partial charge in [0.15, 0.2) is 0 Å². The van der Waals surface area contributed by atoms with Crippen LogP contribution in [0.4, 0.5) is 0 Å². The molecule has 1 aromatic heterocycles. The fraction of sp³-hybridized carbons (Fsp3) is 0.515. The fourth-order valence-electron chi connectivity index (χ4n) is 7.45. The minimum absolute atomic E-state index is 0.0669. The van der Waals surface area contributed by atoms with Gasteiger partial charge in [-0.15, -0.1) is 0 Å². The summed E-state index contributed by atoms with van der Waals surface area (Å²) >= 11 is 0. The van der Waals surface area contributed by atoms with Gasteiger partial charge in [0.25, 0.3) is 5.91 Å². The van der Waals surface area contributed by atoms with Crippen LogP contribution in [0.15, 0.2) is 53.4 Å². The van der Waals surface area contributed by atoms with Crippen LogP contribution in [-0.2, 0) is 10.0 Å². The molecule has 6 rings (SSSR count). The number of carbonyl (C=O) groups excluding carboxylic acids is 1. The Morgan fingerprint density at radius 2 is 1.56 bits per heavy atom. The first-order valence-corrected chi connectivity index (χ1v) is 16.9. The fourth-order valence-corrected chi connectivity index (χ4v) is 8.87. The first-order valence-electron chi connectivity index (χ1n) is 15.5. The van der Waals surface area contributed by atoms with Crippen molar-refractivity contribution in [3.05, 3.63) is 59.8 Å². The van der Waals surface area contributed by atoms with Gasteiger partial charge in [-0.05, 0) is 102 Å². The number of nitrogens with zero attached hydrogens (tertiary/aromatic N) is 5. The second-order valence-corrected chi connectivity index (χ2v) is 14.6.